The Bertz CT molecular complexity index is 347. The van der Waals surface area contributed by atoms with Crippen LogP contribution in [0.5, 0.6) is 0 Å². The first kappa shape index (κ1) is 12.1. The molecular formula is C12H17ClN2. The quantitative estimate of drug-likeness (QED) is 0.797. The molecule has 0 radical (unpaired) electrons. The molecule has 2 nitrogen and oxygen atoms in total. The second-order valence-corrected chi connectivity index (χ2v) is 4.08. The van der Waals surface area contributed by atoms with E-state index in [0.717, 1.165) is 22.8 Å². The minimum Gasteiger partial charge on any atom is -0.370 e. The summed E-state index contributed by atoms with van der Waals surface area (Å²) in [7, 11) is 1.98. The van der Waals surface area contributed by atoms with Gasteiger partial charge in [-0.25, -0.2) is 0 Å². The number of nitrogens with zero attached hydrogens (tertiary/aromatic N) is 1. The van der Waals surface area contributed by atoms with Crippen molar-refractivity contribution in [3.63, 3.8) is 0 Å². The van der Waals surface area contributed by atoms with Gasteiger partial charge in [0.15, 0.2) is 0 Å². The zero-order valence-electron chi connectivity index (χ0n) is 9.20. The van der Waals surface area contributed by atoms with E-state index >= 15 is 0 Å². The molecule has 3 heteroatoms. The van der Waals surface area contributed by atoms with Gasteiger partial charge >= 0.3 is 0 Å². The number of halogens is 1. The van der Waals surface area contributed by atoms with Crippen LogP contribution in [0.1, 0.15) is 18.5 Å². The minimum atomic E-state index is 0.0151. The number of likely N-dealkylation sites (N-methyl/N-ethyl adjacent to an activating group) is 1. The molecule has 0 amide bonds. The molecule has 0 spiro atoms. The Balaban J connectivity index is 2.97. The Morgan fingerprint density at radius 3 is 2.73 bits per heavy atom. The molecule has 1 atom stereocenters. The molecule has 0 aliphatic carbocycles. The summed E-state index contributed by atoms with van der Waals surface area (Å²) in [4.78, 5) is 2.04. The summed E-state index contributed by atoms with van der Waals surface area (Å²) < 4.78 is 0. The lowest BCUT2D eigenvalue weighted by Gasteiger charge is -2.19. The smallest absolute Gasteiger partial charge is 0.0642 e. The predicted octanol–water partition coefficient (Wildman–Crippen LogP) is 2.98. The van der Waals surface area contributed by atoms with Gasteiger partial charge in [0.2, 0.25) is 0 Å². The second-order valence-electron chi connectivity index (χ2n) is 3.67. The highest BCUT2D eigenvalue weighted by Crippen LogP contribution is 2.27. The average molecular weight is 225 g/mol. The van der Waals surface area contributed by atoms with E-state index in [1.54, 1.807) is 0 Å². The van der Waals surface area contributed by atoms with E-state index in [9.17, 15) is 0 Å². The summed E-state index contributed by atoms with van der Waals surface area (Å²) in [5, 5.41) is 0.731. The predicted molar refractivity (Wildman–Crippen MR) is 67.5 cm³/mol. The van der Waals surface area contributed by atoms with Crippen LogP contribution >= 0.6 is 11.6 Å². The van der Waals surface area contributed by atoms with Crippen molar-refractivity contribution >= 4 is 17.3 Å². The van der Waals surface area contributed by atoms with Crippen LogP contribution in [-0.2, 0) is 0 Å². The molecule has 0 heterocycles. The molecule has 0 aliphatic rings. The van der Waals surface area contributed by atoms with Crippen molar-refractivity contribution in [2.45, 2.75) is 13.0 Å². The van der Waals surface area contributed by atoms with E-state index in [4.69, 9.17) is 17.3 Å². The number of rotatable bonds is 4. The van der Waals surface area contributed by atoms with Crippen LogP contribution < -0.4 is 10.6 Å². The molecule has 0 fully saturated rings. The molecule has 1 aromatic carbocycles. The van der Waals surface area contributed by atoms with Crippen LogP contribution in [0.4, 0.5) is 5.69 Å². The Morgan fingerprint density at radius 1 is 1.60 bits per heavy atom. The standard InChI is InChI=1S/C12H17ClN2/c1-4-7-15(3)12-6-5-10(9(2)14)8-11(12)13/h4-6,8-9H,1,7,14H2,2-3H3/t9-/m1/s1. The summed E-state index contributed by atoms with van der Waals surface area (Å²) in [5.74, 6) is 0. The van der Waals surface area contributed by atoms with E-state index in [1.165, 1.54) is 0 Å². The number of benzene rings is 1. The van der Waals surface area contributed by atoms with Crippen molar-refractivity contribution in [2.75, 3.05) is 18.5 Å². The van der Waals surface area contributed by atoms with Crippen LogP contribution in [-0.4, -0.2) is 13.6 Å². The summed E-state index contributed by atoms with van der Waals surface area (Å²) >= 11 is 6.17. The zero-order chi connectivity index (χ0) is 11.4. The molecule has 0 aliphatic heterocycles. The SMILES string of the molecule is C=CCN(C)c1ccc([C@@H](C)N)cc1Cl. The summed E-state index contributed by atoms with van der Waals surface area (Å²) in [5.41, 5.74) is 7.83. The van der Waals surface area contributed by atoms with Gasteiger partial charge in [-0.1, -0.05) is 23.7 Å². The van der Waals surface area contributed by atoms with Crippen LogP contribution in [0.3, 0.4) is 0 Å². The van der Waals surface area contributed by atoms with Crippen molar-refractivity contribution in [1.29, 1.82) is 0 Å². The first-order valence-corrected chi connectivity index (χ1v) is 5.31. The normalized spacial score (nSPS) is 12.3. The Labute approximate surface area is 96.3 Å². The highest BCUT2D eigenvalue weighted by Gasteiger charge is 2.07. The maximum atomic E-state index is 6.17. The van der Waals surface area contributed by atoms with Crippen molar-refractivity contribution in [3.05, 3.63) is 41.4 Å². The topological polar surface area (TPSA) is 29.3 Å². The average Bonchev–Trinajstić information content (AvgIpc) is 2.17. The lowest BCUT2D eigenvalue weighted by molar-refractivity contribution is 0.818. The third kappa shape index (κ3) is 2.98. The summed E-state index contributed by atoms with van der Waals surface area (Å²) in [6.07, 6.45) is 1.84. The van der Waals surface area contributed by atoms with Crippen molar-refractivity contribution in [2.24, 2.45) is 5.73 Å². The Hall–Kier alpha value is -0.990. The van der Waals surface area contributed by atoms with Crippen LogP contribution in [0.15, 0.2) is 30.9 Å². The maximum Gasteiger partial charge on any atom is 0.0642 e. The molecule has 0 unspecified atom stereocenters. The number of anilines is 1. The summed E-state index contributed by atoms with van der Waals surface area (Å²) in [6, 6.07) is 5.93. The largest absolute Gasteiger partial charge is 0.370 e. The van der Waals surface area contributed by atoms with Crippen LogP contribution in [0, 0.1) is 0 Å². The van der Waals surface area contributed by atoms with E-state index in [0.29, 0.717) is 0 Å². The molecule has 0 saturated heterocycles. The van der Waals surface area contributed by atoms with Gasteiger partial charge in [0, 0.05) is 19.6 Å². The monoisotopic (exact) mass is 224 g/mol. The molecule has 0 saturated carbocycles. The first-order valence-electron chi connectivity index (χ1n) is 4.93. The highest BCUT2D eigenvalue weighted by atomic mass is 35.5. The van der Waals surface area contributed by atoms with Crippen molar-refractivity contribution in [3.8, 4) is 0 Å². The lowest BCUT2D eigenvalue weighted by Crippen LogP contribution is -2.17. The third-order valence-electron chi connectivity index (χ3n) is 2.31. The molecule has 0 bridgehead atoms. The highest BCUT2D eigenvalue weighted by molar-refractivity contribution is 6.33. The van der Waals surface area contributed by atoms with E-state index in [-0.39, 0.29) is 6.04 Å². The van der Waals surface area contributed by atoms with Gasteiger partial charge < -0.3 is 10.6 Å². The molecule has 1 aromatic rings. The zero-order valence-corrected chi connectivity index (χ0v) is 9.96. The number of hydrogen-bond acceptors (Lipinski definition) is 2. The van der Waals surface area contributed by atoms with E-state index in [1.807, 2.05) is 43.1 Å². The van der Waals surface area contributed by atoms with Crippen LogP contribution in [0.2, 0.25) is 5.02 Å². The minimum absolute atomic E-state index is 0.0151. The van der Waals surface area contributed by atoms with Gasteiger partial charge in [0.25, 0.3) is 0 Å². The first-order chi connectivity index (χ1) is 7.06. The number of hydrogen-bond donors (Lipinski definition) is 1. The molecular weight excluding hydrogens is 208 g/mol. The van der Waals surface area contributed by atoms with Gasteiger partial charge in [0.05, 0.1) is 10.7 Å². The van der Waals surface area contributed by atoms with Crippen molar-refractivity contribution < 1.29 is 0 Å². The van der Waals surface area contributed by atoms with Crippen molar-refractivity contribution in [1.82, 2.24) is 0 Å². The Kier molecular flexibility index (Phi) is 4.18. The fraction of sp³-hybridized carbons (Fsp3) is 0.333. The fourth-order valence-corrected chi connectivity index (χ4v) is 1.74. The maximum absolute atomic E-state index is 6.17. The van der Waals surface area contributed by atoms with Gasteiger partial charge in [-0.15, -0.1) is 6.58 Å². The third-order valence-corrected chi connectivity index (χ3v) is 2.61. The molecule has 82 valence electrons. The fourth-order valence-electron chi connectivity index (χ4n) is 1.41. The summed E-state index contributed by atoms with van der Waals surface area (Å²) in [6.45, 7) is 6.42. The van der Waals surface area contributed by atoms with Gasteiger partial charge in [-0.3, -0.25) is 0 Å². The van der Waals surface area contributed by atoms with Crippen LogP contribution in [0.25, 0.3) is 0 Å². The molecule has 2 N–H and O–H groups in total. The molecule has 15 heavy (non-hydrogen) atoms. The van der Waals surface area contributed by atoms with Gasteiger partial charge in [-0.2, -0.15) is 0 Å². The lowest BCUT2D eigenvalue weighted by atomic mass is 10.1. The Morgan fingerprint density at radius 2 is 2.27 bits per heavy atom. The number of nitrogens with two attached hydrogens (primary N) is 1. The van der Waals surface area contributed by atoms with E-state index < -0.39 is 0 Å². The second kappa shape index (κ2) is 5.19. The molecule has 0 aromatic heterocycles. The van der Waals surface area contributed by atoms with Gasteiger partial charge in [0.1, 0.15) is 0 Å². The molecule has 1 rings (SSSR count). The van der Waals surface area contributed by atoms with E-state index in [2.05, 4.69) is 6.58 Å². The van der Waals surface area contributed by atoms with Gasteiger partial charge in [-0.05, 0) is 24.6 Å².